The normalized spacial score (nSPS) is 14.6. The molecule has 2 aromatic rings. The van der Waals surface area contributed by atoms with Crippen LogP contribution in [0.15, 0.2) is 16.5 Å². The Morgan fingerprint density at radius 2 is 2.00 bits per heavy atom. The molecule has 1 N–H and O–H groups in total. The van der Waals surface area contributed by atoms with Crippen molar-refractivity contribution in [3.63, 3.8) is 0 Å². The van der Waals surface area contributed by atoms with Crippen LogP contribution < -0.4 is 5.43 Å². The summed E-state index contributed by atoms with van der Waals surface area (Å²) in [5.41, 5.74) is 1.35. The van der Waals surface area contributed by atoms with E-state index >= 15 is 0 Å². The molecule has 10 heteroatoms. The van der Waals surface area contributed by atoms with E-state index in [1.54, 1.807) is 6.07 Å². The highest BCUT2D eigenvalue weighted by molar-refractivity contribution is 6.38. The summed E-state index contributed by atoms with van der Waals surface area (Å²) < 4.78 is 46.2. The third-order valence-corrected chi connectivity index (χ3v) is 5.69. The number of carbonyl (C=O) groups excluding carboxylic acids is 2. The van der Waals surface area contributed by atoms with Gasteiger partial charge in [0.15, 0.2) is 0 Å². The number of amides is 2. The molecular weight excluding hydrogens is 423 g/mol. The number of carbonyl (C=O) groups is 2. The minimum Gasteiger partial charge on any atom is -0.449 e. The summed E-state index contributed by atoms with van der Waals surface area (Å²) in [4.78, 5) is 25.8. The van der Waals surface area contributed by atoms with Crippen LogP contribution in [0.25, 0.3) is 11.0 Å². The molecular formula is C20H23ClF3N3O3. The van der Waals surface area contributed by atoms with Crippen molar-refractivity contribution in [3.05, 3.63) is 34.0 Å². The first-order valence-corrected chi connectivity index (χ1v) is 9.97. The number of likely N-dealkylation sites (N-methyl/N-ethyl adjacent to an activating group) is 1. The highest BCUT2D eigenvalue weighted by atomic mass is 35.5. The molecule has 0 unspecified atom stereocenters. The van der Waals surface area contributed by atoms with Crippen molar-refractivity contribution in [1.29, 1.82) is 0 Å². The summed E-state index contributed by atoms with van der Waals surface area (Å²) in [7, 11) is 1.84. The number of alkyl halides is 3. The first-order chi connectivity index (χ1) is 14.0. The van der Waals surface area contributed by atoms with Gasteiger partial charge in [0.2, 0.25) is 12.2 Å². The van der Waals surface area contributed by atoms with Gasteiger partial charge in [0.1, 0.15) is 10.6 Å². The van der Waals surface area contributed by atoms with E-state index in [0.717, 1.165) is 23.9 Å². The monoisotopic (exact) mass is 445 g/mol. The van der Waals surface area contributed by atoms with Gasteiger partial charge in [-0.3, -0.25) is 15.0 Å². The molecule has 1 heterocycles. The largest absolute Gasteiger partial charge is 0.449 e. The number of benzene rings is 1. The molecule has 0 saturated heterocycles. The molecule has 1 aromatic heterocycles. The van der Waals surface area contributed by atoms with E-state index < -0.39 is 29.0 Å². The number of rotatable bonds is 8. The molecule has 1 saturated carbocycles. The molecule has 0 aliphatic heterocycles. The summed E-state index contributed by atoms with van der Waals surface area (Å²) in [6.45, 7) is 4.44. The number of nitrogens with zero attached hydrogens (tertiary/aromatic N) is 2. The molecule has 2 amide bonds. The molecule has 164 valence electrons. The molecule has 1 aliphatic carbocycles. The summed E-state index contributed by atoms with van der Waals surface area (Å²) in [6.07, 6.45) is -2.73. The summed E-state index contributed by atoms with van der Waals surface area (Å²) in [5.74, 6) is -1.20. The maximum absolute atomic E-state index is 13.6. The summed E-state index contributed by atoms with van der Waals surface area (Å²) in [6, 6.07) is 2.81. The number of nitrogens with one attached hydrogen (secondary N) is 1. The second-order valence-corrected chi connectivity index (χ2v) is 8.12. The topological polar surface area (TPSA) is 65.8 Å². The van der Waals surface area contributed by atoms with Crippen molar-refractivity contribution < 1.29 is 27.2 Å². The van der Waals surface area contributed by atoms with E-state index in [1.165, 1.54) is 0 Å². The Balaban J connectivity index is 2.00. The zero-order chi connectivity index (χ0) is 22.2. The summed E-state index contributed by atoms with van der Waals surface area (Å²) in [5, 5.41) is 0.824. The van der Waals surface area contributed by atoms with E-state index in [4.69, 9.17) is 16.0 Å². The first kappa shape index (κ1) is 22.4. The van der Waals surface area contributed by atoms with E-state index in [1.807, 2.05) is 25.8 Å². The molecule has 1 fully saturated rings. The van der Waals surface area contributed by atoms with Gasteiger partial charge in [-0.2, -0.15) is 13.2 Å². The standard InChI is InChI=1S/C20H23ClF3N3O3/c1-11(2)26(3)6-7-27(25-10-28)19(29)18-16(21)14-8-13(12-4-5-12)9-15(17(14)30-18)20(22,23)24/h8-12H,4-7H2,1-3H3,(H,25,28). The number of fused-ring (bicyclic) bond motifs is 1. The van der Waals surface area contributed by atoms with Gasteiger partial charge < -0.3 is 9.32 Å². The van der Waals surface area contributed by atoms with Gasteiger partial charge in [-0.15, -0.1) is 0 Å². The molecule has 1 aromatic carbocycles. The quantitative estimate of drug-likeness (QED) is 0.482. The van der Waals surface area contributed by atoms with Crippen LogP contribution in [0.4, 0.5) is 13.2 Å². The number of furan rings is 1. The molecule has 30 heavy (non-hydrogen) atoms. The van der Waals surface area contributed by atoms with Crippen LogP contribution in [0.1, 0.15) is 54.3 Å². The molecule has 0 spiro atoms. The number of halogens is 4. The lowest BCUT2D eigenvalue weighted by Gasteiger charge is -2.26. The minimum atomic E-state index is -4.66. The van der Waals surface area contributed by atoms with Crippen molar-refractivity contribution >= 4 is 34.9 Å². The smallest absolute Gasteiger partial charge is 0.420 e. The van der Waals surface area contributed by atoms with E-state index in [9.17, 15) is 22.8 Å². The van der Waals surface area contributed by atoms with Crippen molar-refractivity contribution in [2.45, 2.75) is 44.8 Å². The van der Waals surface area contributed by atoms with E-state index in [0.29, 0.717) is 18.5 Å². The lowest BCUT2D eigenvalue weighted by Crippen LogP contribution is -2.46. The lowest BCUT2D eigenvalue weighted by atomic mass is 10.0. The van der Waals surface area contributed by atoms with Crippen LogP contribution in [-0.2, 0) is 11.0 Å². The highest BCUT2D eigenvalue weighted by Crippen LogP contribution is 2.46. The zero-order valence-electron chi connectivity index (χ0n) is 16.8. The van der Waals surface area contributed by atoms with Crippen LogP contribution in [0.5, 0.6) is 0 Å². The predicted molar refractivity (Wildman–Crippen MR) is 106 cm³/mol. The van der Waals surface area contributed by atoms with Crippen LogP contribution in [0, 0.1) is 0 Å². The van der Waals surface area contributed by atoms with Crippen LogP contribution in [-0.4, -0.2) is 48.4 Å². The highest BCUT2D eigenvalue weighted by Gasteiger charge is 2.38. The van der Waals surface area contributed by atoms with Gasteiger partial charge in [0.05, 0.1) is 12.1 Å². The fourth-order valence-electron chi connectivity index (χ4n) is 3.12. The lowest BCUT2D eigenvalue weighted by molar-refractivity contribution is -0.136. The number of hydrogen-bond donors (Lipinski definition) is 1. The first-order valence-electron chi connectivity index (χ1n) is 9.59. The third kappa shape index (κ3) is 4.57. The van der Waals surface area contributed by atoms with Gasteiger partial charge in [0, 0.05) is 18.0 Å². The van der Waals surface area contributed by atoms with Crippen molar-refractivity contribution in [2.24, 2.45) is 0 Å². The second-order valence-electron chi connectivity index (χ2n) is 7.74. The molecule has 6 nitrogen and oxygen atoms in total. The Bertz CT molecular complexity index is 954. The van der Waals surface area contributed by atoms with Crippen LogP contribution in [0.3, 0.4) is 0 Å². The van der Waals surface area contributed by atoms with Gasteiger partial charge >= 0.3 is 12.1 Å². The third-order valence-electron chi connectivity index (χ3n) is 5.31. The average Bonchev–Trinajstić information content (AvgIpc) is 3.47. The zero-order valence-corrected chi connectivity index (χ0v) is 17.6. The molecule has 0 atom stereocenters. The van der Waals surface area contributed by atoms with Crippen LogP contribution in [0.2, 0.25) is 5.02 Å². The maximum Gasteiger partial charge on any atom is 0.420 e. The number of hydrazine groups is 1. The van der Waals surface area contributed by atoms with E-state index in [2.05, 4.69) is 5.43 Å². The van der Waals surface area contributed by atoms with Gasteiger partial charge in [-0.25, -0.2) is 5.01 Å². The molecule has 0 radical (unpaired) electrons. The SMILES string of the molecule is CC(C)N(C)CCN(NC=O)C(=O)c1oc2c(C(F)(F)F)cc(C3CC3)cc2c1Cl. The summed E-state index contributed by atoms with van der Waals surface area (Å²) >= 11 is 6.29. The fraction of sp³-hybridized carbons (Fsp3) is 0.500. The Labute approximate surface area is 176 Å². The van der Waals surface area contributed by atoms with Gasteiger partial charge in [-0.05, 0) is 57.4 Å². The Morgan fingerprint density at radius 1 is 1.33 bits per heavy atom. The van der Waals surface area contributed by atoms with Gasteiger partial charge in [0.25, 0.3) is 0 Å². The van der Waals surface area contributed by atoms with Gasteiger partial charge in [-0.1, -0.05) is 11.6 Å². The molecule has 1 aliphatic rings. The average molecular weight is 446 g/mol. The Kier molecular flexibility index (Phi) is 6.33. The number of hydrogen-bond acceptors (Lipinski definition) is 4. The van der Waals surface area contributed by atoms with Crippen molar-refractivity contribution in [3.8, 4) is 0 Å². The fourth-order valence-corrected chi connectivity index (χ4v) is 3.38. The molecule has 3 rings (SSSR count). The Hall–Kier alpha value is -2.26. The second kappa shape index (κ2) is 8.47. The minimum absolute atomic E-state index is 0.0436. The van der Waals surface area contributed by atoms with E-state index in [-0.39, 0.29) is 28.9 Å². The Morgan fingerprint density at radius 3 is 2.53 bits per heavy atom. The van der Waals surface area contributed by atoms with Crippen molar-refractivity contribution in [2.75, 3.05) is 20.1 Å². The molecule has 0 bridgehead atoms. The predicted octanol–water partition coefficient (Wildman–Crippen LogP) is 4.43. The van der Waals surface area contributed by atoms with Crippen molar-refractivity contribution in [1.82, 2.24) is 15.3 Å². The van der Waals surface area contributed by atoms with Crippen LogP contribution >= 0.6 is 11.6 Å². The maximum atomic E-state index is 13.6.